The smallest absolute Gasteiger partial charge is 0.266 e. The van der Waals surface area contributed by atoms with E-state index in [1.54, 1.807) is 17.1 Å². The monoisotopic (exact) mass is 363 g/mol. The lowest BCUT2D eigenvalue weighted by Gasteiger charge is -2.27. The van der Waals surface area contributed by atoms with Gasteiger partial charge in [-0.3, -0.25) is 4.79 Å². The Morgan fingerprint density at radius 1 is 1.11 bits per heavy atom. The third-order valence-electron chi connectivity index (χ3n) is 5.19. The van der Waals surface area contributed by atoms with Crippen LogP contribution in [0.3, 0.4) is 0 Å². The number of benzene rings is 1. The van der Waals surface area contributed by atoms with Crippen LogP contribution in [0.2, 0.25) is 0 Å². The van der Waals surface area contributed by atoms with Crippen LogP contribution >= 0.6 is 0 Å². The second kappa shape index (κ2) is 6.76. The molecule has 0 spiro atoms. The molecule has 1 aliphatic rings. The maximum atomic E-state index is 12.4. The van der Waals surface area contributed by atoms with Crippen LogP contribution < -0.4 is 10.5 Å². The molecule has 2 aromatic heterocycles. The standard InChI is InChI=1S/C21H25N5O/c1-21(2,3)18-10-11-19(27)26(24-18)13-15-7-6-12-25(15)20-16-8-4-5-9-17(16)22-14-23-20/h4-5,8-11,14-15H,6-7,12-13H2,1-3H3. The van der Waals surface area contributed by atoms with Gasteiger partial charge in [0.05, 0.1) is 23.8 Å². The molecule has 1 atom stereocenters. The molecule has 1 aliphatic heterocycles. The van der Waals surface area contributed by atoms with Gasteiger partial charge in [0.1, 0.15) is 12.1 Å². The highest BCUT2D eigenvalue weighted by molar-refractivity contribution is 5.89. The quantitative estimate of drug-likeness (QED) is 0.715. The number of fused-ring (bicyclic) bond motifs is 1. The Bertz CT molecular complexity index is 1020. The largest absolute Gasteiger partial charge is 0.351 e. The van der Waals surface area contributed by atoms with E-state index in [0.717, 1.165) is 41.8 Å². The fourth-order valence-corrected chi connectivity index (χ4v) is 3.70. The molecule has 6 nitrogen and oxygen atoms in total. The van der Waals surface area contributed by atoms with Crippen LogP contribution in [0.25, 0.3) is 10.9 Å². The van der Waals surface area contributed by atoms with Crippen molar-refractivity contribution in [2.24, 2.45) is 0 Å². The van der Waals surface area contributed by atoms with Crippen molar-refractivity contribution in [1.29, 1.82) is 0 Å². The van der Waals surface area contributed by atoms with Crippen LogP contribution in [0, 0.1) is 0 Å². The summed E-state index contributed by atoms with van der Waals surface area (Å²) in [6.45, 7) is 7.83. The molecule has 4 rings (SSSR count). The summed E-state index contributed by atoms with van der Waals surface area (Å²) in [4.78, 5) is 23.6. The number of anilines is 1. The Balaban J connectivity index is 1.68. The molecule has 27 heavy (non-hydrogen) atoms. The number of nitrogens with zero attached hydrogens (tertiary/aromatic N) is 5. The lowest BCUT2D eigenvalue weighted by atomic mass is 9.92. The Labute approximate surface area is 158 Å². The lowest BCUT2D eigenvalue weighted by Crippen LogP contribution is -2.38. The molecule has 0 bridgehead atoms. The normalized spacial score (nSPS) is 17.6. The van der Waals surface area contributed by atoms with Crippen molar-refractivity contribution in [3.05, 3.63) is 58.8 Å². The van der Waals surface area contributed by atoms with Crippen LogP contribution in [0.1, 0.15) is 39.3 Å². The van der Waals surface area contributed by atoms with Crippen molar-refractivity contribution in [2.45, 2.75) is 51.6 Å². The Morgan fingerprint density at radius 3 is 2.74 bits per heavy atom. The third-order valence-corrected chi connectivity index (χ3v) is 5.19. The van der Waals surface area contributed by atoms with Crippen molar-refractivity contribution in [2.75, 3.05) is 11.4 Å². The van der Waals surface area contributed by atoms with E-state index < -0.39 is 0 Å². The predicted molar refractivity (Wildman–Crippen MR) is 107 cm³/mol. The minimum atomic E-state index is -0.0896. The highest BCUT2D eigenvalue weighted by Crippen LogP contribution is 2.30. The van der Waals surface area contributed by atoms with Gasteiger partial charge in [-0.2, -0.15) is 5.10 Å². The highest BCUT2D eigenvalue weighted by Gasteiger charge is 2.28. The van der Waals surface area contributed by atoms with Gasteiger partial charge in [-0.1, -0.05) is 32.9 Å². The van der Waals surface area contributed by atoms with Crippen LogP contribution in [-0.2, 0) is 12.0 Å². The molecular formula is C21H25N5O. The summed E-state index contributed by atoms with van der Waals surface area (Å²) in [7, 11) is 0. The van der Waals surface area contributed by atoms with Crippen molar-refractivity contribution < 1.29 is 0 Å². The van der Waals surface area contributed by atoms with Gasteiger partial charge in [0.25, 0.3) is 5.56 Å². The minimum absolute atomic E-state index is 0.0533. The number of hydrogen-bond acceptors (Lipinski definition) is 5. The molecular weight excluding hydrogens is 338 g/mol. The van der Waals surface area contributed by atoms with Gasteiger partial charge in [-0.15, -0.1) is 0 Å². The summed E-state index contributed by atoms with van der Waals surface area (Å²) in [5.74, 6) is 0.947. The topological polar surface area (TPSA) is 63.9 Å². The summed E-state index contributed by atoms with van der Waals surface area (Å²) < 4.78 is 1.62. The number of aromatic nitrogens is 4. The summed E-state index contributed by atoms with van der Waals surface area (Å²) in [5.41, 5.74) is 1.73. The molecule has 0 radical (unpaired) electrons. The van der Waals surface area contributed by atoms with E-state index in [9.17, 15) is 4.79 Å². The first kappa shape index (κ1) is 17.6. The average Bonchev–Trinajstić information content (AvgIpc) is 3.10. The highest BCUT2D eigenvalue weighted by atomic mass is 16.1. The average molecular weight is 363 g/mol. The fraction of sp³-hybridized carbons (Fsp3) is 0.429. The van der Waals surface area contributed by atoms with E-state index in [1.807, 2.05) is 24.3 Å². The van der Waals surface area contributed by atoms with Crippen molar-refractivity contribution in [3.8, 4) is 0 Å². The molecule has 3 heterocycles. The minimum Gasteiger partial charge on any atom is -0.351 e. The first-order chi connectivity index (χ1) is 12.9. The van der Waals surface area contributed by atoms with E-state index in [1.165, 1.54) is 0 Å². The van der Waals surface area contributed by atoms with Crippen LogP contribution in [0.5, 0.6) is 0 Å². The zero-order chi connectivity index (χ0) is 19.0. The Hall–Kier alpha value is -2.76. The van der Waals surface area contributed by atoms with Gasteiger partial charge in [-0.05, 0) is 31.0 Å². The summed E-state index contributed by atoms with van der Waals surface area (Å²) in [6.07, 6.45) is 3.72. The Kier molecular flexibility index (Phi) is 4.42. The zero-order valence-electron chi connectivity index (χ0n) is 16.1. The van der Waals surface area contributed by atoms with Crippen LogP contribution in [0.4, 0.5) is 5.82 Å². The van der Waals surface area contributed by atoms with E-state index in [0.29, 0.717) is 6.54 Å². The molecule has 0 saturated carbocycles. The summed E-state index contributed by atoms with van der Waals surface area (Å²) in [6, 6.07) is 11.7. The van der Waals surface area contributed by atoms with E-state index in [-0.39, 0.29) is 17.0 Å². The van der Waals surface area contributed by atoms with Gasteiger partial charge in [-0.25, -0.2) is 14.6 Å². The van der Waals surface area contributed by atoms with Crippen molar-refractivity contribution >= 4 is 16.7 Å². The molecule has 1 aromatic carbocycles. The van der Waals surface area contributed by atoms with E-state index in [2.05, 4.69) is 46.8 Å². The second-order valence-corrected chi connectivity index (χ2v) is 8.19. The first-order valence-electron chi connectivity index (χ1n) is 9.48. The molecule has 0 N–H and O–H groups in total. The van der Waals surface area contributed by atoms with Gasteiger partial charge in [0.2, 0.25) is 0 Å². The van der Waals surface area contributed by atoms with Gasteiger partial charge in [0.15, 0.2) is 0 Å². The molecule has 6 heteroatoms. The van der Waals surface area contributed by atoms with Crippen molar-refractivity contribution in [1.82, 2.24) is 19.7 Å². The number of hydrogen-bond donors (Lipinski definition) is 0. The molecule has 3 aromatic rings. The maximum Gasteiger partial charge on any atom is 0.266 e. The predicted octanol–water partition coefficient (Wildman–Crippen LogP) is 3.15. The van der Waals surface area contributed by atoms with Gasteiger partial charge >= 0.3 is 0 Å². The number of para-hydroxylation sites is 1. The van der Waals surface area contributed by atoms with Gasteiger partial charge < -0.3 is 4.90 Å². The Morgan fingerprint density at radius 2 is 1.93 bits per heavy atom. The SMILES string of the molecule is CC(C)(C)c1ccc(=O)n(CC2CCCN2c2ncnc3ccccc23)n1. The van der Waals surface area contributed by atoms with E-state index in [4.69, 9.17) is 0 Å². The zero-order valence-corrected chi connectivity index (χ0v) is 16.1. The molecule has 0 amide bonds. The van der Waals surface area contributed by atoms with Crippen molar-refractivity contribution in [3.63, 3.8) is 0 Å². The molecule has 0 aliphatic carbocycles. The first-order valence-corrected chi connectivity index (χ1v) is 9.48. The molecule has 1 fully saturated rings. The lowest BCUT2D eigenvalue weighted by molar-refractivity contribution is 0.457. The van der Waals surface area contributed by atoms with E-state index >= 15 is 0 Å². The molecule has 140 valence electrons. The van der Waals surface area contributed by atoms with Crippen LogP contribution in [-0.4, -0.2) is 32.3 Å². The maximum absolute atomic E-state index is 12.4. The molecule has 1 saturated heterocycles. The molecule has 1 unspecified atom stereocenters. The summed E-state index contributed by atoms with van der Waals surface area (Å²) >= 11 is 0. The number of rotatable bonds is 3. The fourth-order valence-electron chi connectivity index (χ4n) is 3.70. The third kappa shape index (κ3) is 3.44. The van der Waals surface area contributed by atoms with Gasteiger partial charge in [0, 0.05) is 23.4 Å². The van der Waals surface area contributed by atoms with Crippen LogP contribution in [0.15, 0.2) is 47.5 Å². The second-order valence-electron chi connectivity index (χ2n) is 8.19. The summed E-state index contributed by atoms with van der Waals surface area (Å²) in [5, 5.41) is 5.69.